The van der Waals surface area contributed by atoms with Crippen molar-refractivity contribution in [2.45, 2.75) is 32.7 Å². The minimum Gasteiger partial charge on any atom is -0.466 e. The molecule has 15 nitrogen and oxygen atoms in total. The number of anilines is 1. The highest BCUT2D eigenvalue weighted by Crippen LogP contribution is 2.53. The molecule has 4 atom stereocenters. The van der Waals surface area contributed by atoms with Gasteiger partial charge >= 0.3 is 19.7 Å². The Hall–Kier alpha value is -4.07. The number of hydrogen-bond donors (Lipinski definition) is 3. The van der Waals surface area contributed by atoms with Gasteiger partial charge in [-0.2, -0.15) is 0 Å². The van der Waals surface area contributed by atoms with Gasteiger partial charge in [-0.1, -0.05) is 43.7 Å². The number of unbranched alkanes of at least 4 members (excludes halogenated alkanes) is 1. The second-order valence-electron chi connectivity index (χ2n) is 12.0. The van der Waals surface area contributed by atoms with Crippen molar-refractivity contribution in [1.82, 2.24) is 25.1 Å². The third kappa shape index (κ3) is 8.45. The number of carbonyl (C=O) groups is 4. The highest BCUT2D eigenvalue weighted by molar-refractivity contribution is 7.51. The van der Waals surface area contributed by atoms with E-state index < -0.39 is 37.7 Å². The van der Waals surface area contributed by atoms with E-state index in [1.807, 2.05) is 17.9 Å². The zero-order valence-corrected chi connectivity index (χ0v) is 27.4. The molecule has 2 saturated heterocycles. The molecule has 1 saturated carbocycles. The summed E-state index contributed by atoms with van der Waals surface area (Å²) in [7, 11) is -4.75. The van der Waals surface area contributed by atoms with Crippen LogP contribution in [0.25, 0.3) is 11.4 Å². The molecule has 3 heterocycles. The molecule has 47 heavy (non-hydrogen) atoms. The molecule has 1 aromatic carbocycles. The van der Waals surface area contributed by atoms with Gasteiger partial charge in [-0.3, -0.25) is 18.9 Å². The van der Waals surface area contributed by atoms with Crippen molar-refractivity contribution in [2.75, 3.05) is 63.5 Å². The summed E-state index contributed by atoms with van der Waals surface area (Å²) in [6, 6.07) is 8.95. The maximum absolute atomic E-state index is 13.7. The lowest BCUT2D eigenvalue weighted by Crippen LogP contribution is -2.56. The Bertz CT molecular complexity index is 1500. The van der Waals surface area contributed by atoms with Crippen molar-refractivity contribution in [1.29, 1.82) is 0 Å². The van der Waals surface area contributed by atoms with E-state index in [-0.39, 0.29) is 61.4 Å². The summed E-state index contributed by atoms with van der Waals surface area (Å²) in [5, 5.41) is 2.51. The lowest BCUT2D eigenvalue weighted by Gasteiger charge is -2.36. The molecular weight excluding hydrogens is 631 g/mol. The van der Waals surface area contributed by atoms with E-state index in [2.05, 4.69) is 10.3 Å². The molecule has 2 aromatic rings. The van der Waals surface area contributed by atoms with Crippen LogP contribution < -0.4 is 10.2 Å². The summed E-state index contributed by atoms with van der Waals surface area (Å²) >= 11 is 0. The van der Waals surface area contributed by atoms with Crippen LogP contribution in [0.2, 0.25) is 0 Å². The Morgan fingerprint density at radius 1 is 0.979 bits per heavy atom. The summed E-state index contributed by atoms with van der Waals surface area (Å²) in [5.74, 6) is -0.890. The number of nitrogens with zero attached hydrogens (tertiary/aromatic N) is 5. The molecule has 0 bridgehead atoms. The normalized spacial score (nSPS) is 21.1. The highest BCUT2D eigenvalue weighted by Gasteiger charge is 2.60. The Morgan fingerprint density at radius 2 is 1.64 bits per heavy atom. The number of rotatable bonds is 12. The standard InChI is InChI=1S/C31H41N6O9P/c1-3-5-15-46-31(41)36-13-11-35(12-14-36)29(39)24(19-47(42,43)44)33-28(38)23-16-25(34-27(32-23)20-9-7-6-8-10-20)37-17-21-22(18-37)26(21)30(40)45-4-2/h6-10,16,21-22,24,26H,3-5,11-15,17-19H2,1-2H3,(H,33,38)(H2,42,43,44)/t21-,22+,24-,26?/m0/s1. The van der Waals surface area contributed by atoms with Crippen LogP contribution in [0.3, 0.4) is 0 Å². The molecular formula is C31H41N6O9P. The summed E-state index contributed by atoms with van der Waals surface area (Å²) < 4.78 is 22.5. The van der Waals surface area contributed by atoms with Crippen molar-refractivity contribution in [3.8, 4) is 11.4 Å². The number of benzene rings is 1. The largest absolute Gasteiger partial charge is 0.466 e. The molecule has 1 unspecified atom stereocenters. The summed E-state index contributed by atoms with van der Waals surface area (Å²) in [6.45, 7) is 6.02. The second kappa shape index (κ2) is 14.8. The van der Waals surface area contributed by atoms with Gasteiger partial charge in [0.1, 0.15) is 17.6 Å². The van der Waals surface area contributed by atoms with Crippen LogP contribution in [0.4, 0.5) is 10.6 Å². The van der Waals surface area contributed by atoms with Crippen LogP contribution in [-0.2, 0) is 23.6 Å². The van der Waals surface area contributed by atoms with Crippen LogP contribution in [0.5, 0.6) is 0 Å². The van der Waals surface area contributed by atoms with Gasteiger partial charge in [0, 0.05) is 50.9 Å². The van der Waals surface area contributed by atoms with Crippen molar-refractivity contribution >= 4 is 37.3 Å². The molecule has 2 aliphatic heterocycles. The lowest BCUT2D eigenvalue weighted by molar-refractivity contribution is -0.145. The molecule has 1 aromatic heterocycles. The van der Waals surface area contributed by atoms with E-state index in [0.717, 1.165) is 12.8 Å². The number of nitrogens with one attached hydrogen (secondary N) is 1. The molecule has 3 amide bonds. The van der Waals surface area contributed by atoms with Crippen LogP contribution in [0, 0.1) is 17.8 Å². The highest BCUT2D eigenvalue weighted by atomic mass is 31.2. The molecule has 0 radical (unpaired) electrons. The van der Waals surface area contributed by atoms with Gasteiger partial charge in [-0.15, -0.1) is 0 Å². The second-order valence-corrected chi connectivity index (χ2v) is 13.7. The topological polar surface area (TPSA) is 192 Å². The number of fused-ring (bicyclic) bond motifs is 1. The monoisotopic (exact) mass is 672 g/mol. The maximum atomic E-state index is 13.7. The fourth-order valence-electron chi connectivity index (χ4n) is 6.11. The minimum atomic E-state index is -4.75. The number of amides is 3. The van der Waals surface area contributed by atoms with E-state index in [1.54, 1.807) is 31.2 Å². The fraction of sp³-hybridized carbons (Fsp3) is 0.548. The molecule has 16 heteroatoms. The number of ether oxygens (including phenoxy) is 2. The number of piperidine rings is 1. The van der Waals surface area contributed by atoms with Gasteiger partial charge in [0.25, 0.3) is 5.91 Å². The van der Waals surface area contributed by atoms with E-state index in [0.29, 0.717) is 37.7 Å². The molecule has 3 fully saturated rings. The lowest BCUT2D eigenvalue weighted by atomic mass is 10.2. The van der Waals surface area contributed by atoms with Crippen molar-refractivity contribution in [3.63, 3.8) is 0 Å². The van der Waals surface area contributed by atoms with Gasteiger partial charge in [0.05, 0.1) is 25.3 Å². The van der Waals surface area contributed by atoms with Gasteiger partial charge in [-0.25, -0.2) is 14.8 Å². The van der Waals surface area contributed by atoms with Crippen molar-refractivity contribution < 1.29 is 43.0 Å². The Morgan fingerprint density at radius 3 is 2.26 bits per heavy atom. The zero-order valence-electron chi connectivity index (χ0n) is 26.5. The van der Waals surface area contributed by atoms with Crippen LogP contribution in [0.15, 0.2) is 36.4 Å². The van der Waals surface area contributed by atoms with Crippen LogP contribution in [-0.4, -0.2) is 118 Å². The van der Waals surface area contributed by atoms with E-state index in [9.17, 15) is 33.5 Å². The first-order valence-electron chi connectivity index (χ1n) is 15.9. The fourth-order valence-corrected chi connectivity index (χ4v) is 6.83. The smallest absolute Gasteiger partial charge is 0.409 e. The number of carbonyl (C=O) groups excluding carboxylic acids is 4. The van der Waals surface area contributed by atoms with Crippen molar-refractivity contribution in [3.05, 3.63) is 42.1 Å². The summed E-state index contributed by atoms with van der Waals surface area (Å²) in [4.78, 5) is 85.3. The molecule has 3 N–H and O–H groups in total. The number of aromatic nitrogens is 2. The van der Waals surface area contributed by atoms with Gasteiger partial charge < -0.3 is 39.3 Å². The van der Waals surface area contributed by atoms with Gasteiger partial charge in [0.15, 0.2) is 5.82 Å². The Balaban J connectivity index is 1.31. The first-order chi connectivity index (χ1) is 22.5. The SMILES string of the molecule is CCCCOC(=O)N1CCN(C(=O)[C@H](CP(=O)(O)O)NC(=O)c2cc(N3C[C@@H]4C(C(=O)OCC)[C@@H]4C3)nc(-c3ccccc3)n2)CC1. The van der Waals surface area contributed by atoms with E-state index in [1.165, 1.54) is 15.9 Å². The van der Waals surface area contributed by atoms with Gasteiger partial charge in [0.2, 0.25) is 5.91 Å². The average Bonchev–Trinajstić information content (AvgIpc) is 3.56. The predicted molar refractivity (Wildman–Crippen MR) is 169 cm³/mol. The molecule has 3 aliphatic rings. The predicted octanol–water partition coefficient (Wildman–Crippen LogP) is 1.75. The quantitative estimate of drug-likeness (QED) is 0.168. The molecule has 5 rings (SSSR count). The number of esters is 1. The summed E-state index contributed by atoms with van der Waals surface area (Å²) in [5.41, 5.74) is 0.561. The van der Waals surface area contributed by atoms with Crippen LogP contribution in [0.1, 0.15) is 37.2 Å². The zero-order chi connectivity index (χ0) is 33.7. The Labute approximate surface area is 272 Å². The van der Waals surface area contributed by atoms with Crippen molar-refractivity contribution in [2.24, 2.45) is 17.8 Å². The van der Waals surface area contributed by atoms with E-state index in [4.69, 9.17) is 14.5 Å². The molecule has 254 valence electrons. The average molecular weight is 673 g/mol. The molecule has 0 spiro atoms. The minimum absolute atomic E-state index is 0.0838. The van der Waals surface area contributed by atoms with E-state index >= 15 is 0 Å². The van der Waals surface area contributed by atoms with Crippen LogP contribution >= 0.6 is 7.60 Å². The maximum Gasteiger partial charge on any atom is 0.409 e. The first-order valence-corrected chi connectivity index (χ1v) is 17.7. The van der Waals surface area contributed by atoms with Gasteiger partial charge in [-0.05, 0) is 25.2 Å². The Kier molecular flexibility index (Phi) is 10.8. The molecule has 1 aliphatic carbocycles. The summed E-state index contributed by atoms with van der Waals surface area (Å²) in [6.07, 6.45) is 0.225. The first kappa shape index (κ1) is 34.3. The number of piperazine rings is 1. The third-order valence-corrected chi connectivity index (χ3v) is 9.49. The third-order valence-electron chi connectivity index (χ3n) is 8.65. The number of hydrogen-bond acceptors (Lipinski definition) is 10.